The monoisotopic (exact) mass is 252 g/mol. The number of hydrogen-bond acceptors (Lipinski definition) is 4. The number of rotatable bonds is 3. The van der Waals surface area contributed by atoms with Gasteiger partial charge in [-0.3, -0.25) is 0 Å². The van der Waals surface area contributed by atoms with E-state index < -0.39 is 14.3 Å². The summed E-state index contributed by atoms with van der Waals surface area (Å²) in [6, 6.07) is 9.36. The van der Waals surface area contributed by atoms with Gasteiger partial charge >= 0.3 is 5.97 Å². The van der Waals surface area contributed by atoms with Crippen molar-refractivity contribution in [2.75, 3.05) is 0 Å². The Labute approximate surface area is 97.9 Å². The number of carboxylic acid groups (broad SMARTS) is 1. The SMILES string of the molecule is O=C(O)c1ccc(-c2cccc(P(O)O)c2)o1. The van der Waals surface area contributed by atoms with Gasteiger partial charge in [0, 0.05) is 10.9 Å². The van der Waals surface area contributed by atoms with Crippen LogP contribution >= 0.6 is 8.38 Å². The molecule has 2 aromatic rings. The minimum absolute atomic E-state index is 0.152. The number of furan rings is 1. The molecular weight excluding hydrogens is 243 g/mol. The van der Waals surface area contributed by atoms with Crippen LogP contribution in [0.15, 0.2) is 40.8 Å². The maximum Gasteiger partial charge on any atom is 0.371 e. The van der Waals surface area contributed by atoms with Crippen molar-refractivity contribution in [1.82, 2.24) is 0 Å². The minimum atomic E-state index is -2.17. The van der Waals surface area contributed by atoms with Gasteiger partial charge in [-0.25, -0.2) is 4.79 Å². The lowest BCUT2D eigenvalue weighted by atomic mass is 10.2. The average Bonchev–Trinajstić information content (AvgIpc) is 2.78. The molecule has 0 saturated heterocycles. The van der Waals surface area contributed by atoms with Gasteiger partial charge in [-0.15, -0.1) is 0 Å². The Morgan fingerprint density at radius 1 is 1.18 bits per heavy atom. The standard InChI is InChI=1S/C11H9O5P/c12-11(13)10-5-4-9(16-10)7-2-1-3-8(6-7)17(14)15/h1-6,14-15H,(H,12,13). The van der Waals surface area contributed by atoms with Crippen LogP contribution < -0.4 is 5.30 Å². The number of benzene rings is 1. The highest BCUT2D eigenvalue weighted by atomic mass is 31.2. The molecule has 1 aromatic carbocycles. The molecule has 1 heterocycles. The van der Waals surface area contributed by atoms with E-state index in [1.165, 1.54) is 12.1 Å². The molecule has 1 aromatic heterocycles. The summed E-state index contributed by atoms with van der Waals surface area (Å²) >= 11 is 0. The topological polar surface area (TPSA) is 90.9 Å². The fraction of sp³-hybridized carbons (Fsp3) is 0. The Kier molecular flexibility index (Phi) is 3.24. The first kappa shape index (κ1) is 11.8. The van der Waals surface area contributed by atoms with Crippen molar-refractivity contribution in [3.05, 3.63) is 42.2 Å². The second kappa shape index (κ2) is 4.67. The van der Waals surface area contributed by atoms with Crippen LogP contribution in [0.3, 0.4) is 0 Å². The molecule has 0 bridgehead atoms. The molecular formula is C11H9O5P. The van der Waals surface area contributed by atoms with Crippen LogP contribution in [0.5, 0.6) is 0 Å². The number of hydrogen-bond donors (Lipinski definition) is 3. The van der Waals surface area contributed by atoms with E-state index in [0.29, 0.717) is 16.6 Å². The Hall–Kier alpha value is -1.68. The molecule has 2 rings (SSSR count). The molecule has 0 fully saturated rings. The van der Waals surface area contributed by atoms with E-state index in [2.05, 4.69) is 0 Å². The summed E-state index contributed by atoms with van der Waals surface area (Å²) in [5, 5.41) is 9.10. The Bertz CT molecular complexity index is 546. The zero-order valence-corrected chi connectivity index (χ0v) is 9.46. The lowest BCUT2D eigenvalue weighted by Crippen LogP contribution is -1.98. The third-order valence-electron chi connectivity index (χ3n) is 2.18. The summed E-state index contributed by atoms with van der Waals surface area (Å²) in [7, 11) is -2.17. The highest BCUT2D eigenvalue weighted by Crippen LogP contribution is 2.27. The highest BCUT2D eigenvalue weighted by Gasteiger charge is 2.11. The van der Waals surface area contributed by atoms with Crippen molar-refractivity contribution >= 4 is 19.6 Å². The molecule has 0 spiro atoms. The van der Waals surface area contributed by atoms with Gasteiger partial charge in [0.15, 0.2) is 8.38 Å². The maximum atomic E-state index is 10.7. The van der Waals surface area contributed by atoms with Crippen LogP contribution in [-0.2, 0) is 0 Å². The van der Waals surface area contributed by atoms with Gasteiger partial charge in [0.1, 0.15) is 5.76 Å². The smallest absolute Gasteiger partial charge is 0.371 e. The lowest BCUT2D eigenvalue weighted by Gasteiger charge is -2.03. The second-order valence-electron chi connectivity index (χ2n) is 3.31. The van der Waals surface area contributed by atoms with E-state index in [4.69, 9.17) is 19.3 Å². The Morgan fingerprint density at radius 2 is 1.94 bits per heavy atom. The summed E-state index contributed by atoms with van der Waals surface area (Å²) in [5.41, 5.74) is 0.602. The zero-order chi connectivity index (χ0) is 12.4. The highest BCUT2D eigenvalue weighted by molar-refractivity contribution is 7.54. The molecule has 0 atom stereocenters. The maximum absolute atomic E-state index is 10.7. The van der Waals surface area contributed by atoms with Crippen molar-refractivity contribution in [1.29, 1.82) is 0 Å². The van der Waals surface area contributed by atoms with Gasteiger partial charge in [-0.2, -0.15) is 0 Å². The van der Waals surface area contributed by atoms with Crippen molar-refractivity contribution < 1.29 is 24.1 Å². The summed E-state index contributed by atoms with van der Waals surface area (Å²) in [6.07, 6.45) is 0. The summed E-state index contributed by atoms with van der Waals surface area (Å²) in [5.74, 6) is -0.916. The number of carbonyl (C=O) groups is 1. The molecule has 0 aliphatic heterocycles. The van der Waals surface area contributed by atoms with Gasteiger partial charge in [-0.1, -0.05) is 12.1 Å². The first-order chi connectivity index (χ1) is 8.08. The normalized spacial score (nSPS) is 10.8. The fourth-order valence-electron chi connectivity index (χ4n) is 1.39. The summed E-state index contributed by atoms with van der Waals surface area (Å²) in [4.78, 5) is 28.8. The number of carboxylic acids is 1. The summed E-state index contributed by atoms with van der Waals surface area (Å²) < 4.78 is 5.11. The van der Waals surface area contributed by atoms with Crippen LogP contribution in [0.25, 0.3) is 11.3 Å². The van der Waals surface area contributed by atoms with Gasteiger partial charge < -0.3 is 19.3 Å². The van der Waals surface area contributed by atoms with Crippen molar-refractivity contribution in [2.24, 2.45) is 0 Å². The minimum Gasteiger partial charge on any atom is -0.475 e. The number of aromatic carboxylic acids is 1. The first-order valence-corrected chi connectivity index (χ1v) is 5.94. The van der Waals surface area contributed by atoms with Crippen LogP contribution in [0, 0.1) is 0 Å². The van der Waals surface area contributed by atoms with Crippen LogP contribution in [0.2, 0.25) is 0 Å². The first-order valence-electron chi connectivity index (χ1n) is 4.69. The lowest BCUT2D eigenvalue weighted by molar-refractivity contribution is 0.0663. The molecule has 0 amide bonds. The van der Waals surface area contributed by atoms with Gasteiger partial charge in [0.2, 0.25) is 5.76 Å². The predicted octanol–water partition coefficient (Wildman–Crippen LogP) is 1.57. The van der Waals surface area contributed by atoms with Crippen molar-refractivity contribution in [3.8, 4) is 11.3 Å². The van der Waals surface area contributed by atoms with Crippen LogP contribution in [0.4, 0.5) is 0 Å². The van der Waals surface area contributed by atoms with E-state index >= 15 is 0 Å². The Balaban J connectivity index is 2.38. The third kappa shape index (κ3) is 2.53. The van der Waals surface area contributed by atoms with Gasteiger partial charge in [0.05, 0.1) is 0 Å². The average molecular weight is 252 g/mol. The Morgan fingerprint density at radius 3 is 2.53 bits per heavy atom. The molecule has 3 N–H and O–H groups in total. The van der Waals surface area contributed by atoms with Gasteiger partial charge in [-0.05, 0) is 24.3 Å². The fourth-order valence-corrected chi connectivity index (χ4v) is 1.87. The van der Waals surface area contributed by atoms with E-state index in [0.717, 1.165) is 0 Å². The largest absolute Gasteiger partial charge is 0.475 e. The third-order valence-corrected chi connectivity index (χ3v) is 2.92. The molecule has 17 heavy (non-hydrogen) atoms. The second-order valence-corrected chi connectivity index (χ2v) is 4.40. The van der Waals surface area contributed by atoms with E-state index in [-0.39, 0.29) is 5.76 Å². The van der Waals surface area contributed by atoms with Crippen molar-refractivity contribution in [2.45, 2.75) is 0 Å². The van der Waals surface area contributed by atoms with E-state index in [1.807, 2.05) is 0 Å². The van der Waals surface area contributed by atoms with Gasteiger partial charge in [0.25, 0.3) is 0 Å². The van der Waals surface area contributed by atoms with Crippen LogP contribution in [-0.4, -0.2) is 20.9 Å². The molecule has 6 heteroatoms. The molecule has 0 saturated carbocycles. The molecule has 5 nitrogen and oxygen atoms in total. The van der Waals surface area contributed by atoms with E-state index in [1.54, 1.807) is 24.3 Å². The van der Waals surface area contributed by atoms with Crippen molar-refractivity contribution in [3.63, 3.8) is 0 Å². The quantitative estimate of drug-likeness (QED) is 0.721. The van der Waals surface area contributed by atoms with E-state index in [9.17, 15) is 4.79 Å². The molecule has 0 unspecified atom stereocenters. The predicted molar refractivity (Wildman–Crippen MR) is 62.1 cm³/mol. The summed E-state index contributed by atoms with van der Waals surface area (Å²) in [6.45, 7) is 0. The van der Waals surface area contributed by atoms with Crippen LogP contribution in [0.1, 0.15) is 10.6 Å². The molecule has 0 aliphatic rings. The molecule has 0 radical (unpaired) electrons. The zero-order valence-electron chi connectivity index (χ0n) is 8.57. The molecule has 0 aliphatic carbocycles. The molecule has 88 valence electrons.